The first kappa shape index (κ1) is 12.1. The maximum atomic E-state index is 12.0. The van der Waals surface area contributed by atoms with Crippen LogP contribution >= 0.6 is 0 Å². The van der Waals surface area contributed by atoms with Crippen molar-refractivity contribution in [2.45, 2.75) is 18.8 Å². The Bertz CT molecular complexity index is 284. The van der Waals surface area contributed by atoms with Gasteiger partial charge in [-0.1, -0.05) is 0 Å². The predicted molar refractivity (Wildman–Crippen MR) is 47.1 cm³/mol. The number of rotatable bonds is 4. The van der Waals surface area contributed by atoms with Crippen LogP contribution in [0.15, 0.2) is 22.8 Å². The van der Waals surface area contributed by atoms with Crippen molar-refractivity contribution >= 4 is 0 Å². The molecule has 0 radical (unpaired) electrons. The van der Waals surface area contributed by atoms with Crippen LogP contribution in [0.2, 0.25) is 0 Å². The molecule has 1 N–H and O–H groups in total. The van der Waals surface area contributed by atoms with Gasteiger partial charge in [0, 0.05) is 6.54 Å². The van der Waals surface area contributed by atoms with Crippen LogP contribution in [-0.2, 0) is 6.54 Å². The molecule has 0 saturated heterocycles. The molecule has 3 nitrogen and oxygen atoms in total. The molecule has 0 saturated carbocycles. The van der Waals surface area contributed by atoms with Crippen LogP contribution in [0.5, 0.6) is 0 Å². The second kappa shape index (κ2) is 4.67. The number of nitrogens with zero attached hydrogens (tertiary/aromatic N) is 1. The summed E-state index contributed by atoms with van der Waals surface area (Å²) in [6, 6.07) is 3.32. The number of hydrogen-bond acceptors (Lipinski definition) is 3. The lowest BCUT2D eigenvalue weighted by Gasteiger charge is -2.21. The molecule has 1 atom stereocenters. The van der Waals surface area contributed by atoms with Crippen molar-refractivity contribution in [3.8, 4) is 0 Å². The third-order valence-corrected chi connectivity index (χ3v) is 1.87. The number of aliphatic hydroxyl groups is 1. The van der Waals surface area contributed by atoms with Gasteiger partial charge in [0.25, 0.3) is 0 Å². The summed E-state index contributed by atoms with van der Waals surface area (Å²) in [7, 11) is 1.48. The highest BCUT2D eigenvalue weighted by Crippen LogP contribution is 2.20. The van der Waals surface area contributed by atoms with E-state index in [1.807, 2.05) is 0 Å². The molecule has 0 aliphatic carbocycles. The van der Waals surface area contributed by atoms with E-state index in [1.165, 1.54) is 18.2 Å². The van der Waals surface area contributed by atoms with Gasteiger partial charge in [0.1, 0.15) is 5.76 Å². The third kappa shape index (κ3) is 3.93. The van der Waals surface area contributed by atoms with Gasteiger partial charge in [-0.15, -0.1) is 0 Å². The number of aliphatic hydroxyl groups excluding tert-OH is 1. The Kier molecular flexibility index (Phi) is 3.76. The van der Waals surface area contributed by atoms with E-state index in [0.29, 0.717) is 5.76 Å². The van der Waals surface area contributed by atoms with Crippen LogP contribution in [-0.4, -0.2) is 35.9 Å². The lowest BCUT2D eigenvalue weighted by molar-refractivity contribution is -0.207. The van der Waals surface area contributed by atoms with Gasteiger partial charge in [-0.3, -0.25) is 4.90 Å². The Morgan fingerprint density at radius 3 is 2.67 bits per heavy atom. The molecule has 0 aliphatic rings. The van der Waals surface area contributed by atoms with E-state index >= 15 is 0 Å². The molecule has 1 aromatic rings. The predicted octanol–water partition coefficient (Wildman–Crippen LogP) is 1.63. The van der Waals surface area contributed by atoms with E-state index in [0.717, 1.165) is 0 Å². The molecule has 86 valence electrons. The first-order valence-corrected chi connectivity index (χ1v) is 4.35. The second-order valence-electron chi connectivity index (χ2n) is 3.33. The summed E-state index contributed by atoms with van der Waals surface area (Å²) < 4.78 is 40.9. The minimum atomic E-state index is -4.57. The average molecular weight is 223 g/mol. The molecule has 1 unspecified atom stereocenters. The Labute approximate surface area is 85.1 Å². The summed E-state index contributed by atoms with van der Waals surface area (Å²) in [4.78, 5) is 1.34. The van der Waals surface area contributed by atoms with Gasteiger partial charge in [-0.05, 0) is 19.2 Å². The van der Waals surface area contributed by atoms with E-state index in [4.69, 9.17) is 9.52 Å². The minimum absolute atomic E-state index is 0.236. The Hall–Kier alpha value is -1.01. The van der Waals surface area contributed by atoms with Crippen LogP contribution in [0.1, 0.15) is 5.76 Å². The largest absolute Gasteiger partial charge is 0.468 e. The van der Waals surface area contributed by atoms with Gasteiger partial charge in [-0.2, -0.15) is 13.2 Å². The number of furan rings is 1. The van der Waals surface area contributed by atoms with Gasteiger partial charge >= 0.3 is 6.18 Å². The minimum Gasteiger partial charge on any atom is -0.468 e. The molecular formula is C9H12F3NO2. The lowest BCUT2D eigenvalue weighted by Crippen LogP contribution is -2.39. The fourth-order valence-electron chi connectivity index (χ4n) is 1.13. The quantitative estimate of drug-likeness (QED) is 0.842. The van der Waals surface area contributed by atoms with E-state index in [1.54, 1.807) is 12.1 Å². The molecule has 0 amide bonds. The molecule has 6 heteroatoms. The van der Waals surface area contributed by atoms with Crippen molar-refractivity contribution in [2.75, 3.05) is 13.6 Å². The van der Waals surface area contributed by atoms with Crippen molar-refractivity contribution in [1.82, 2.24) is 4.90 Å². The monoisotopic (exact) mass is 223 g/mol. The maximum Gasteiger partial charge on any atom is 0.415 e. The molecule has 0 bridgehead atoms. The van der Waals surface area contributed by atoms with Gasteiger partial charge < -0.3 is 9.52 Å². The number of likely N-dealkylation sites (N-methyl/N-ethyl adjacent to an activating group) is 1. The molecule has 1 heterocycles. The zero-order valence-corrected chi connectivity index (χ0v) is 8.16. The standard InChI is InChI=1S/C9H12F3NO2/c1-13(5-7-3-2-4-15-7)6-8(14)9(10,11)12/h2-4,8,14H,5-6H2,1H3. The topological polar surface area (TPSA) is 36.6 Å². The van der Waals surface area contributed by atoms with Crippen LogP contribution in [0.25, 0.3) is 0 Å². The summed E-state index contributed by atoms with van der Waals surface area (Å²) >= 11 is 0. The van der Waals surface area contributed by atoms with Crippen molar-refractivity contribution in [3.63, 3.8) is 0 Å². The SMILES string of the molecule is CN(Cc1ccco1)CC(O)C(F)(F)F. The van der Waals surface area contributed by atoms with Gasteiger partial charge in [-0.25, -0.2) is 0 Å². The molecule has 1 aromatic heterocycles. The van der Waals surface area contributed by atoms with Crippen molar-refractivity contribution < 1.29 is 22.7 Å². The number of alkyl halides is 3. The van der Waals surface area contributed by atoms with Crippen LogP contribution < -0.4 is 0 Å². The Balaban J connectivity index is 2.39. The highest BCUT2D eigenvalue weighted by molar-refractivity contribution is 4.97. The third-order valence-electron chi connectivity index (χ3n) is 1.87. The van der Waals surface area contributed by atoms with Crippen LogP contribution in [0.3, 0.4) is 0 Å². The summed E-state index contributed by atoms with van der Waals surface area (Å²) in [5.41, 5.74) is 0. The van der Waals surface area contributed by atoms with Crippen molar-refractivity contribution in [1.29, 1.82) is 0 Å². The van der Waals surface area contributed by atoms with Crippen LogP contribution in [0.4, 0.5) is 13.2 Å². The van der Waals surface area contributed by atoms with E-state index in [-0.39, 0.29) is 6.54 Å². The molecule has 0 aliphatic heterocycles. The van der Waals surface area contributed by atoms with Crippen molar-refractivity contribution in [2.24, 2.45) is 0 Å². The fraction of sp³-hybridized carbons (Fsp3) is 0.556. The fourth-order valence-corrected chi connectivity index (χ4v) is 1.13. The number of hydrogen-bond donors (Lipinski definition) is 1. The first-order chi connectivity index (χ1) is 6.89. The molecule has 0 spiro atoms. The smallest absolute Gasteiger partial charge is 0.415 e. The summed E-state index contributed by atoms with van der Waals surface area (Å²) in [6.07, 6.45) is -5.45. The molecular weight excluding hydrogens is 211 g/mol. The Morgan fingerprint density at radius 1 is 1.53 bits per heavy atom. The summed E-state index contributed by atoms with van der Waals surface area (Å²) in [6.45, 7) is -0.232. The average Bonchev–Trinajstić information content (AvgIpc) is 2.54. The van der Waals surface area contributed by atoms with Crippen molar-refractivity contribution in [3.05, 3.63) is 24.2 Å². The number of halogens is 3. The summed E-state index contributed by atoms with van der Waals surface area (Å²) in [5, 5.41) is 8.79. The van der Waals surface area contributed by atoms with E-state index in [2.05, 4.69) is 0 Å². The molecule has 1 rings (SSSR count). The lowest BCUT2D eigenvalue weighted by atomic mass is 10.3. The van der Waals surface area contributed by atoms with Gasteiger partial charge in [0.05, 0.1) is 12.8 Å². The second-order valence-corrected chi connectivity index (χ2v) is 3.33. The molecule has 15 heavy (non-hydrogen) atoms. The van der Waals surface area contributed by atoms with E-state index < -0.39 is 18.8 Å². The molecule has 0 aromatic carbocycles. The zero-order chi connectivity index (χ0) is 11.5. The molecule has 0 fully saturated rings. The highest BCUT2D eigenvalue weighted by atomic mass is 19.4. The maximum absolute atomic E-state index is 12.0. The normalized spacial score (nSPS) is 14.5. The highest BCUT2D eigenvalue weighted by Gasteiger charge is 2.38. The Morgan fingerprint density at radius 2 is 2.20 bits per heavy atom. The first-order valence-electron chi connectivity index (χ1n) is 4.35. The van der Waals surface area contributed by atoms with E-state index in [9.17, 15) is 13.2 Å². The summed E-state index contributed by atoms with van der Waals surface area (Å²) in [5.74, 6) is 0.562. The van der Waals surface area contributed by atoms with Gasteiger partial charge in [0.2, 0.25) is 0 Å². The zero-order valence-electron chi connectivity index (χ0n) is 8.16. The van der Waals surface area contributed by atoms with Crippen LogP contribution in [0, 0.1) is 0 Å². The van der Waals surface area contributed by atoms with Gasteiger partial charge in [0.15, 0.2) is 6.10 Å².